The average Bonchev–Trinajstić information content (AvgIpc) is 2.66. The Hall–Kier alpha value is -2.93. The van der Waals surface area contributed by atoms with Gasteiger partial charge in [-0.15, -0.1) is 0 Å². The number of anilines is 1. The fourth-order valence-electron chi connectivity index (χ4n) is 3.05. The van der Waals surface area contributed by atoms with Crippen molar-refractivity contribution in [2.45, 2.75) is 18.6 Å². The molecule has 0 radical (unpaired) electrons. The SMILES string of the molecule is CN1C(N)=N[C@](C)(c2cc(NC(=O)c3ncc(C(F)(F)F)cc3F)ccc2Cl)CS1(=O)=O. The van der Waals surface area contributed by atoms with Crippen LogP contribution in [0.2, 0.25) is 5.02 Å². The molecule has 2 aromatic rings. The van der Waals surface area contributed by atoms with Crippen molar-refractivity contribution < 1.29 is 30.8 Å². The number of carbonyl (C=O) groups is 1. The van der Waals surface area contributed by atoms with Gasteiger partial charge in [-0.2, -0.15) is 13.2 Å². The van der Waals surface area contributed by atoms with E-state index in [9.17, 15) is 30.8 Å². The van der Waals surface area contributed by atoms with E-state index in [2.05, 4.69) is 15.3 Å². The standard InChI is InChI=1S/C18H16ClF4N5O3S/c1-17(8-32(30,31)28(2)16(24)27-17)11-6-10(3-4-12(11)19)26-15(29)14-13(20)5-9(7-25-14)18(21,22)23/h3-7H,8H2,1-2H3,(H2,24,27)(H,26,29)/t17-/m0/s1. The molecule has 3 N–H and O–H groups in total. The smallest absolute Gasteiger partial charge is 0.369 e. The summed E-state index contributed by atoms with van der Waals surface area (Å²) in [4.78, 5) is 19.8. The van der Waals surface area contributed by atoms with Crippen molar-refractivity contribution in [2.75, 3.05) is 18.1 Å². The second-order valence-electron chi connectivity index (χ2n) is 7.17. The lowest BCUT2D eigenvalue weighted by molar-refractivity contribution is -0.138. The number of sulfonamides is 1. The molecule has 8 nitrogen and oxygen atoms in total. The minimum atomic E-state index is -4.82. The van der Waals surface area contributed by atoms with E-state index < -0.39 is 50.5 Å². The van der Waals surface area contributed by atoms with E-state index in [1.807, 2.05) is 0 Å². The van der Waals surface area contributed by atoms with Crippen LogP contribution in [-0.4, -0.2) is 42.4 Å². The topological polar surface area (TPSA) is 118 Å². The Morgan fingerprint density at radius 3 is 2.53 bits per heavy atom. The van der Waals surface area contributed by atoms with Crippen LogP contribution in [0.15, 0.2) is 35.5 Å². The molecule has 0 aliphatic carbocycles. The lowest BCUT2D eigenvalue weighted by Crippen LogP contribution is -2.50. The van der Waals surface area contributed by atoms with Crippen LogP contribution in [0.4, 0.5) is 23.2 Å². The van der Waals surface area contributed by atoms with Crippen molar-refractivity contribution in [3.8, 4) is 0 Å². The lowest BCUT2D eigenvalue weighted by Gasteiger charge is -2.35. The van der Waals surface area contributed by atoms with Gasteiger partial charge in [-0.3, -0.25) is 4.79 Å². The number of aliphatic imine (C=N–C) groups is 1. The maximum absolute atomic E-state index is 14.0. The maximum atomic E-state index is 14.0. The number of guanidine groups is 1. The minimum absolute atomic E-state index is 0.0572. The van der Waals surface area contributed by atoms with Crippen molar-refractivity contribution in [3.63, 3.8) is 0 Å². The summed E-state index contributed by atoms with van der Waals surface area (Å²) in [6.45, 7) is 1.48. The van der Waals surface area contributed by atoms with Gasteiger partial charge < -0.3 is 11.1 Å². The summed E-state index contributed by atoms with van der Waals surface area (Å²) in [7, 11) is -2.56. The van der Waals surface area contributed by atoms with Crippen LogP contribution >= 0.6 is 11.6 Å². The minimum Gasteiger partial charge on any atom is -0.369 e. The lowest BCUT2D eigenvalue weighted by atomic mass is 9.94. The molecule has 14 heteroatoms. The first-order chi connectivity index (χ1) is 14.6. The fraction of sp³-hybridized carbons (Fsp3) is 0.278. The van der Waals surface area contributed by atoms with Gasteiger partial charge in [0.15, 0.2) is 11.5 Å². The molecule has 1 aliphatic heterocycles. The maximum Gasteiger partial charge on any atom is 0.417 e. The molecule has 0 bridgehead atoms. The van der Waals surface area contributed by atoms with E-state index in [1.165, 1.54) is 32.2 Å². The number of nitrogens with two attached hydrogens (primary N) is 1. The van der Waals surface area contributed by atoms with E-state index in [0.29, 0.717) is 6.20 Å². The molecule has 0 saturated carbocycles. The van der Waals surface area contributed by atoms with Crippen LogP contribution < -0.4 is 11.1 Å². The Balaban J connectivity index is 1.94. The molecular weight excluding hydrogens is 478 g/mol. The van der Waals surface area contributed by atoms with Crippen molar-refractivity contribution in [2.24, 2.45) is 10.7 Å². The number of nitrogens with zero attached hydrogens (tertiary/aromatic N) is 3. The molecule has 172 valence electrons. The zero-order valence-corrected chi connectivity index (χ0v) is 18.1. The number of hydrogen-bond acceptors (Lipinski definition) is 6. The van der Waals surface area contributed by atoms with E-state index >= 15 is 0 Å². The second-order valence-corrected chi connectivity index (χ2v) is 9.58. The average molecular weight is 494 g/mol. The summed E-state index contributed by atoms with van der Waals surface area (Å²) in [5.74, 6) is -3.31. The van der Waals surface area contributed by atoms with Crippen molar-refractivity contribution in [1.29, 1.82) is 0 Å². The zero-order valence-electron chi connectivity index (χ0n) is 16.5. The van der Waals surface area contributed by atoms with Crippen LogP contribution in [0.25, 0.3) is 0 Å². The van der Waals surface area contributed by atoms with Gasteiger partial charge in [-0.25, -0.2) is 27.1 Å². The second kappa shape index (κ2) is 7.89. The summed E-state index contributed by atoms with van der Waals surface area (Å²) < 4.78 is 77.7. The molecular formula is C18H16ClF4N5O3S. The van der Waals surface area contributed by atoms with Crippen molar-refractivity contribution in [3.05, 3.63) is 58.1 Å². The molecule has 0 spiro atoms. The van der Waals surface area contributed by atoms with Gasteiger partial charge >= 0.3 is 6.18 Å². The predicted octanol–water partition coefficient (Wildman–Crippen LogP) is 2.95. The van der Waals surface area contributed by atoms with Crippen LogP contribution in [0.3, 0.4) is 0 Å². The monoisotopic (exact) mass is 493 g/mol. The molecule has 32 heavy (non-hydrogen) atoms. The van der Waals surface area contributed by atoms with Crippen LogP contribution in [0.5, 0.6) is 0 Å². The molecule has 0 fully saturated rings. The van der Waals surface area contributed by atoms with Crippen molar-refractivity contribution >= 4 is 39.2 Å². The highest BCUT2D eigenvalue weighted by Crippen LogP contribution is 2.37. The Bertz CT molecular complexity index is 1240. The number of aromatic nitrogens is 1. The predicted molar refractivity (Wildman–Crippen MR) is 109 cm³/mol. The largest absolute Gasteiger partial charge is 0.417 e. The molecule has 3 rings (SSSR count). The third-order valence-electron chi connectivity index (χ3n) is 4.75. The molecule has 1 aromatic carbocycles. The Labute approximate surface area is 185 Å². The molecule has 0 saturated heterocycles. The van der Waals surface area contributed by atoms with Gasteiger partial charge in [0.2, 0.25) is 16.0 Å². The number of amides is 1. The summed E-state index contributed by atoms with van der Waals surface area (Å²) >= 11 is 6.23. The van der Waals surface area contributed by atoms with Crippen molar-refractivity contribution in [1.82, 2.24) is 9.29 Å². The number of rotatable bonds is 3. The number of alkyl halides is 3. The third-order valence-corrected chi connectivity index (χ3v) is 7.03. The Morgan fingerprint density at radius 1 is 1.31 bits per heavy atom. The number of pyridine rings is 1. The number of hydrogen-bond donors (Lipinski definition) is 2. The van der Waals surface area contributed by atoms with E-state index in [-0.39, 0.29) is 28.3 Å². The molecule has 2 heterocycles. The van der Waals surface area contributed by atoms with E-state index in [4.69, 9.17) is 17.3 Å². The number of nitrogens with one attached hydrogen (secondary N) is 1. The Morgan fingerprint density at radius 2 is 1.97 bits per heavy atom. The normalized spacial score (nSPS) is 20.6. The van der Waals surface area contributed by atoms with Crippen LogP contribution in [-0.2, 0) is 21.7 Å². The summed E-state index contributed by atoms with van der Waals surface area (Å²) in [5, 5.41) is 2.43. The van der Waals surface area contributed by atoms with Gasteiger partial charge in [0.1, 0.15) is 5.54 Å². The van der Waals surface area contributed by atoms with E-state index in [0.717, 1.165) is 4.31 Å². The van der Waals surface area contributed by atoms with Crippen LogP contribution in [0, 0.1) is 5.82 Å². The highest BCUT2D eigenvalue weighted by Gasteiger charge is 2.41. The summed E-state index contributed by atoms with van der Waals surface area (Å²) in [6.07, 6.45) is -4.48. The first-order valence-electron chi connectivity index (χ1n) is 8.80. The van der Waals surface area contributed by atoms with Gasteiger partial charge in [-0.05, 0) is 31.2 Å². The number of halogens is 5. The van der Waals surface area contributed by atoms with Gasteiger partial charge in [0.25, 0.3) is 5.91 Å². The summed E-state index contributed by atoms with van der Waals surface area (Å²) in [6, 6.07) is 4.17. The highest BCUT2D eigenvalue weighted by molar-refractivity contribution is 7.89. The van der Waals surface area contributed by atoms with Gasteiger partial charge in [-0.1, -0.05) is 11.6 Å². The number of benzene rings is 1. The molecule has 1 amide bonds. The summed E-state index contributed by atoms with van der Waals surface area (Å²) in [5.41, 5.74) is 2.39. The molecule has 1 aliphatic rings. The van der Waals surface area contributed by atoms with E-state index in [1.54, 1.807) is 0 Å². The van der Waals surface area contributed by atoms with Crippen LogP contribution in [0.1, 0.15) is 28.5 Å². The zero-order chi connectivity index (χ0) is 24.1. The molecule has 1 atom stereocenters. The quantitative estimate of drug-likeness (QED) is 0.637. The van der Waals surface area contributed by atoms with Gasteiger partial charge in [0, 0.05) is 29.5 Å². The molecule has 0 unspecified atom stereocenters. The van der Waals surface area contributed by atoms with Gasteiger partial charge in [0.05, 0.1) is 11.3 Å². The highest BCUT2D eigenvalue weighted by atomic mass is 35.5. The first-order valence-corrected chi connectivity index (χ1v) is 10.8. The fourth-order valence-corrected chi connectivity index (χ4v) is 4.83. The number of carbonyl (C=O) groups excluding carboxylic acids is 1. The first kappa shape index (κ1) is 23.7. The third kappa shape index (κ3) is 4.48. The Kier molecular flexibility index (Phi) is 5.85. The molecule has 1 aromatic heterocycles.